The van der Waals surface area contributed by atoms with E-state index in [0.29, 0.717) is 0 Å². The minimum Gasteiger partial charge on any atom is -0.313 e. The van der Waals surface area contributed by atoms with Crippen LogP contribution in [0.15, 0.2) is 37.2 Å². The average molecular weight is 177 g/mol. The number of hydrogen-bond acceptors (Lipinski definition) is 1. The Kier molecular flexibility index (Phi) is 4.19. The molecule has 13 heavy (non-hydrogen) atoms. The molecule has 0 saturated heterocycles. The van der Waals surface area contributed by atoms with Gasteiger partial charge >= 0.3 is 0 Å². The molecule has 0 spiro atoms. The van der Waals surface area contributed by atoms with Crippen LogP contribution in [-0.2, 0) is 13.5 Å². The summed E-state index contributed by atoms with van der Waals surface area (Å²) in [5.74, 6) is 0. The molecule has 0 saturated carbocycles. The maximum atomic E-state index is 3.65. The lowest BCUT2D eigenvalue weighted by molar-refractivity contribution is -0.671. The Morgan fingerprint density at radius 3 is 2.77 bits per heavy atom. The SMILES string of the molecule is C=CCNCCc1cc[n+](C)cc1. The van der Waals surface area contributed by atoms with E-state index in [1.165, 1.54) is 5.56 Å². The van der Waals surface area contributed by atoms with Crippen LogP contribution in [0.5, 0.6) is 0 Å². The standard InChI is InChI=1S/C11H17N2/c1-3-7-12-8-4-11-5-9-13(2)10-6-11/h3,5-6,9-10,12H,1,4,7-8H2,2H3/q+1. The molecule has 0 aliphatic rings. The summed E-state index contributed by atoms with van der Waals surface area (Å²) in [5.41, 5.74) is 1.37. The van der Waals surface area contributed by atoms with E-state index in [4.69, 9.17) is 0 Å². The van der Waals surface area contributed by atoms with Gasteiger partial charge in [-0.15, -0.1) is 6.58 Å². The Hall–Kier alpha value is -1.15. The molecule has 0 fully saturated rings. The molecule has 0 aliphatic carbocycles. The monoisotopic (exact) mass is 177 g/mol. The Balaban J connectivity index is 2.28. The predicted molar refractivity (Wildman–Crippen MR) is 54.4 cm³/mol. The van der Waals surface area contributed by atoms with Gasteiger partial charge in [0.2, 0.25) is 0 Å². The highest BCUT2D eigenvalue weighted by Crippen LogP contribution is 1.94. The summed E-state index contributed by atoms with van der Waals surface area (Å²) in [7, 11) is 2.03. The van der Waals surface area contributed by atoms with Crippen molar-refractivity contribution in [2.75, 3.05) is 13.1 Å². The fourth-order valence-corrected chi connectivity index (χ4v) is 1.14. The van der Waals surface area contributed by atoms with E-state index in [-0.39, 0.29) is 0 Å². The van der Waals surface area contributed by atoms with Crippen molar-refractivity contribution in [2.45, 2.75) is 6.42 Å². The van der Waals surface area contributed by atoms with Crippen molar-refractivity contribution in [3.8, 4) is 0 Å². The molecule has 0 atom stereocenters. The molecule has 1 N–H and O–H groups in total. The van der Waals surface area contributed by atoms with E-state index in [1.807, 2.05) is 17.7 Å². The van der Waals surface area contributed by atoms with E-state index < -0.39 is 0 Å². The lowest BCUT2D eigenvalue weighted by Gasteiger charge is -2.00. The third kappa shape index (κ3) is 3.85. The molecule has 2 nitrogen and oxygen atoms in total. The van der Waals surface area contributed by atoms with Gasteiger partial charge in [0.15, 0.2) is 12.4 Å². The molecule has 0 aliphatic heterocycles. The van der Waals surface area contributed by atoms with Crippen molar-refractivity contribution >= 4 is 0 Å². The lowest BCUT2D eigenvalue weighted by Crippen LogP contribution is -2.26. The summed E-state index contributed by atoms with van der Waals surface area (Å²) < 4.78 is 2.04. The number of nitrogens with zero attached hydrogens (tertiary/aromatic N) is 1. The Bertz CT molecular complexity index is 251. The van der Waals surface area contributed by atoms with Crippen molar-refractivity contribution in [2.24, 2.45) is 7.05 Å². The van der Waals surface area contributed by atoms with E-state index in [0.717, 1.165) is 19.5 Å². The van der Waals surface area contributed by atoms with Gasteiger partial charge in [-0.2, -0.15) is 0 Å². The second-order valence-electron chi connectivity index (χ2n) is 3.11. The highest BCUT2D eigenvalue weighted by molar-refractivity contribution is 5.07. The number of aryl methyl sites for hydroxylation is 1. The van der Waals surface area contributed by atoms with E-state index in [2.05, 4.69) is 36.4 Å². The molecule has 1 aromatic heterocycles. The van der Waals surface area contributed by atoms with Crippen molar-refractivity contribution in [1.82, 2.24) is 5.32 Å². The van der Waals surface area contributed by atoms with E-state index in [9.17, 15) is 0 Å². The third-order valence-corrected chi connectivity index (χ3v) is 1.93. The molecule has 1 rings (SSSR count). The number of nitrogens with one attached hydrogen (secondary N) is 1. The van der Waals surface area contributed by atoms with Crippen LogP contribution in [0.2, 0.25) is 0 Å². The normalized spacial score (nSPS) is 9.92. The van der Waals surface area contributed by atoms with E-state index in [1.54, 1.807) is 0 Å². The topological polar surface area (TPSA) is 15.9 Å². The highest BCUT2D eigenvalue weighted by Gasteiger charge is 1.94. The number of aromatic nitrogens is 1. The lowest BCUT2D eigenvalue weighted by atomic mass is 10.2. The Labute approximate surface area is 79.9 Å². The molecule has 0 amide bonds. The van der Waals surface area contributed by atoms with Gasteiger partial charge in [-0.1, -0.05) is 6.08 Å². The molecular weight excluding hydrogens is 160 g/mol. The minimum atomic E-state index is 0.889. The first-order valence-corrected chi connectivity index (χ1v) is 4.58. The van der Waals surface area contributed by atoms with Crippen molar-refractivity contribution in [3.63, 3.8) is 0 Å². The van der Waals surface area contributed by atoms with Crippen LogP contribution in [0.3, 0.4) is 0 Å². The number of rotatable bonds is 5. The molecule has 0 bridgehead atoms. The molecule has 1 heterocycles. The fraction of sp³-hybridized carbons (Fsp3) is 0.364. The Morgan fingerprint density at radius 2 is 2.15 bits per heavy atom. The summed E-state index contributed by atoms with van der Waals surface area (Å²) >= 11 is 0. The van der Waals surface area contributed by atoms with E-state index >= 15 is 0 Å². The van der Waals surface area contributed by atoms with Crippen LogP contribution in [-0.4, -0.2) is 13.1 Å². The van der Waals surface area contributed by atoms with Gasteiger partial charge in [-0.25, -0.2) is 4.57 Å². The first-order valence-electron chi connectivity index (χ1n) is 4.58. The van der Waals surface area contributed by atoms with Crippen molar-refractivity contribution in [3.05, 3.63) is 42.7 Å². The van der Waals surface area contributed by atoms with Crippen LogP contribution < -0.4 is 9.88 Å². The molecular formula is C11H17N2+. The van der Waals surface area contributed by atoms with Crippen molar-refractivity contribution in [1.29, 1.82) is 0 Å². The summed E-state index contributed by atoms with van der Waals surface area (Å²) in [6, 6.07) is 4.30. The molecule has 0 aromatic carbocycles. The summed E-state index contributed by atoms with van der Waals surface area (Å²) in [5, 5.41) is 3.27. The zero-order chi connectivity index (χ0) is 9.52. The molecule has 2 heteroatoms. The van der Waals surface area contributed by atoms with Gasteiger partial charge in [0.25, 0.3) is 0 Å². The van der Waals surface area contributed by atoms with Gasteiger partial charge in [-0.05, 0) is 18.5 Å². The summed E-state index contributed by atoms with van der Waals surface area (Å²) in [6.07, 6.45) is 7.10. The van der Waals surface area contributed by atoms with Gasteiger partial charge in [-0.3, -0.25) is 0 Å². The second-order valence-corrected chi connectivity index (χ2v) is 3.11. The van der Waals surface area contributed by atoms with Gasteiger partial charge in [0, 0.05) is 18.7 Å². The second kappa shape index (κ2) is 5.49. The molecule has 0 unspecified atom stereocenters. The quantitative estimate of drug-likeness (QED) is 0.400. The first-order chi connectivity index (χ1) is 6.33. The molecule has 1 aromatic rings. The van der Waals surface area contributed by atoms with Gasteiger partial charge in [0.1, 0.15) is 7.05 Å². The largest absolute Gasteiger partial charge is 0.313 e. The van der Waals surface area contributed by atoms with Crippen LogP contribution >= 0.6 is 0 Å². The van der Waals surface area contributed by atoms with Crippen LogP contribution in [0.25, 0.3) is 0 Å². The minimum absolute atomic E-state index is 0.889. The zero-order valence-corrected chi connectivity index (χ0v) is 8.16. The average Bonchev–Trinajstić information content (AvgIpc) is 2.15. The summed E-state index contributed by atoms with van der Waals surface area (Å²) in [4.78, 5) is 0. The van der Waals surface area contributed by atoms with Gasteiger partial charge in [0.05, 0.1) is 0 Å². The maximum Gasteiger partial charge on any atom is 0.168 e. The fourth-order valence-electron chi connectivity index (χ4n) is 1.14. The summed E-state index contributed by atoms with van der Waals surface area (Å²) in [6.45, 7) is 5.55. The predicted octanol–water partition coefficient (Wildman–Crippen LogP) is 0.829. The maximum absolute atomic E-state index is 3.65. The van der Waals surface area contributed by atoms with Gasteiger partial charge < -0.3 is 5.32 Å². The highest BCUT2D eigenvalue weighted by atomic mass is 14.9. The van der Waals surface area contributed by atoms with Crippen LogP contribution in [0.1, 0.15) is 5.56 Å². The third-order valence-electron chi connectivity index (χ3n) is 1.93. The zero-order valence-electron chi connectivity index (χ0n) is 8.16. The first kappa shape index (κ1) is 9.93. The van der Waals surface area contributed by atoms with Crippen LogP contribution in [0, 0.1) is 0 Å². The van der Waals surface area contributed by atoms with Crippen molar-refractivity contribution < 1.29 is 4.57 Å². The molecule has 0 radical (unpaired) electrons. The Morgan fingerprint density at radius 1 is 1.46 bits per heavy atom. The number of hydrogen-bond donors (Lipinski definition) is 1. The molecule has 70 valence electrons. The smallest absolute Gasteiger partial charge is 0.168 e. The van der Waals surface area contributed by atoms with Crippen LogP contribution in [0.4, 0.5) is 0 Å². The number of pyridine rings is 1.